The molecule has 4 nitrogen and oxygen atoms in total. The summed E-state index contributed by atoms with van der Waals surface area (Å²) in [7, 11) is 3.30. The van der Waals surface area contributed by atoms with Gasteiger partial charge in [-0.25, -0.2) is 0 Å². The van der Waals surface area contributed by atoms with Crippen LogP contribution < -0.4 is 15.4 Å². The number of hydrogen-bond donors (Lipinski definition) is 1. The first-order valence-electron chi connectivity index (χ1n) is 5.96. The molecule has 0 bridgehead atoms. The molecule has 100 valence electrons. The lowest BCUT2D eigenvalue weighted by atomic mass is 9.86. The maximum atomic E-state index is 11.7. The van der Waals surface area contributed by atoms with E-state index in [4.69, 9.17) is 10.5 Å². The van der Waals surface area contributed by atoms with Gasteiger partial charge >= 0.3 is 0 Å². The largest absolute Gasteiger partial charge is 0.495 e. The van der Waals surface area contributed by atoms with E-state index in [1.165, 1.54) is 4.90 Å². The molecule has 1 aromatic rings. The summed E-state index contributed by atoms with van der Waals surface area (Å²) in [6, 6.07) is 5.88. The van der Waals surface area contributed by atoms with Crippen LogP contribution in [0.25, 0.3) is 0 Å². The van der Waals surface area contributed by atoms with Gasteiger partial charge in [-0.1, -0.05) is 26.8 Å². The molecule has 0 aromatic heterocycles. The third-order valence-corrected chi connectivity index (χ3v) is 2.95. The molecule has 0 aliphatic carbocycles. The molecular formula is C14H22N2O2. The van der Waals surface area contributed by atoms with Crippen LogP contribution in [0.2, 0.25) is 0 Å². The Bertz CT molecular complexity index is 436. The summed E-state index contributed by atoms with van der Waals surface area (Å²) in [6.07, 6.45) is 0. The van der Waals surface area contributed by atoms with Gasteiger partial charge in [-0.3, -0.25) is 4.79 Å². The normalized spacial score (nSPS) is 11.2. The number of ether oxygens (including phenoxy) is 1. The van der Waals surface area contributed by atoms with Crippen molar-refractivity contribution in [3.05, 3.63) is 23.8 Å². The van der Waals surface area contributed by atoms with Crippen LogP contribution in [0.5, 0.6) is 5.75 Å². The van der Waals surface area contributed by atoms with Gasteiger partial charge in [0.1, 0.15) is 5.75 Å². The molecule has 18 heavy (non-hydrogen) atoms. The van der Waals surface area contributed by atoms with Crippen LogP contribution in [0.4, 0.5) is 5.69 Å². The predicted octanol–water partition coefficient (Wildman–Crippen LogP) is 1.91. The molecule has 1 aromatic carbocycles. The Morgan fingerprint density at radius 1 is 1.39 bits per heavy atom. The average molecular weight is 250 g/mol. The molecule has 0 radical (unpaired) electrons. The molecule has 1 rings (SSSR count). The molecule has 0 aliphatic rings. The summed E-state index contributed by atoms with van der Waals surface area (Å²) in [6.45, 7) is 6.37. The fourth-order valence-electron chi connectivity index (χ4n) is 1.69. The van der Waals surface area contributed by atoms with E-state index in [0.29, 0.717) is 5.75 Å². The van der Waals surface area contributed by atoms with Crippen LogP contribution in [0, 0.1) is 0 Å². The molecule has 0 aliphatic heterocycles. The van der Waals surface area contributed by atoms with Crippen LogP contribution in [0.3, 0.4) is 0 Å². The highest BCUT2D eigenvalue weighted by molar-refractivity contribution is 5.95. The lowest BCUT2D eigenvalue weighted by Gasteiger charge is -2.24. The summed E-state index contributed by atoms with van der Waals surface area (Å²) in [5, 5.41) is 0. The van der Waals surface area contributed by atoms with E-state index in [1.807, 2.05) is 18.2 Å². The summed E-state index contributed by atoms with van der Waals surface area (Å²) < 4.78 is 5.29. The Morgan fingerprint density at radius 2 is 2.00 bits per heavy atom. The number of carbonyl (C=O) groups is 1. The first-order valence-corrected chi connectivity index (χ1v) is 5.96. The monoisotopic (exact) mass is 250 g/mol. The number of amides is 1. The van der Waals surface area contributed by atoms with Crippen molar-refractivity contribution in [1.82, 2.24) is 0 Å². The number of anilines is 1. The number of benzene rings is 1. The fourth-order valence-corrected chi connectivity index (χ4v) is 1.69. The minimum Gasteiger partial charge on any atom is -0.495 e. The highest BCUT2D eigenvalue weighted by Crippen LogP contribution is 2.33. The minimum absolute atomic E-state index is 0.0145. The molecule has 2 N–H and O–H groups in total. The highest BCUT2D eigenvalue weighted by Gasteiger charge is 2.19. The van der Waals surface area contributed by atoms with Gasteiger partial charge in [-0.15, -0.1) is 0 Å². The smallest absolute Gasteiger partial charge is 0.240 e. The van der Waals surface area contributed by atoms with Crippen molar-refractivity contribution in [1.29, 1.82) is 0 Å². The Morgan fingerprint density at radius 3 is 2.44 bits per heavy atom. The van der Waals surface area contributed by atoms with Gasteiger partial charge < -0.3 is 15.4 Å². The van der Waals surface area contributed by atoms with Gasteiger partial charge in [0.15, 0.2) is 0 Å². The van der Waals surface area contributed by atoms with Crippen molar-refractivity contribution < 1.29 is 9.53 Å². The third-order valence-electron chi connectivity index (χ3n) is 2.95. The molecule has 0 saturated carbocycles. The van der Waals surface area contributed by atoms with Crippen molar-refractivity contribution in [2.75, 3.05) is 25.6 Å². The maximum Gasteiger partial charge on any atom is 0.240 e. The Kier molecular flexibility index (Phi) is 4.35. The zero-order valence-corrected chi connectivity index (χ0v) is 11.8. The van der Waals surface area contributed by atoms with Crippen LogP contribution >= 0.6 is 0 Å². The van der Waals surface area contributed by atoms with Crippen molar-refractivity contribution >= 4 is 11.6 Å². The summed E-state index contributed by atoms with van der Waals surface area (Å²) in [4.78, 5) is 13.2. The van der Waals surface area contributed by atoms with E-state index in [1.54, 1.807) is 14.2 Å². The first kappa shape index (κ1) is 14.5. The summed E-state index contributed by atoms with van der Waals surface area (Å²) in [5.74, 6) is 0.534. The van der Waals surface area contributed by atoms with Gasteiger partial charge in [0, 0.05) is 7.05 Å². The molecule has 0 heterocycles. The van der Waals surface area contributed by atoms with E-state index in [9.17, 15) is 4.79 Å². The van der Waals surface area contributed by atoms with E-state index in [-0.39, 0.29) is 17.9 Å². The third kappa shape index (κ3) is 3.01. The summed E-state index contributed by atoms with van der Waals surface area (Å²) >= 11 is 0. The average Bonchev–Trinajstić information content (AvgIpc) is 2.35. The molecule has 1 amide bonds. The SMILES string of the molecule is COc1ccc(C(C)(C)C)cc1N(C)C(=O)CN. The van der Waals surface area contributed by atoms with Crippen molar-refractivity contribution in [2.45, 2.75) is 26.2 Å². The standard InChI is InChI=1S/C14H22N2O2/c1-14(2,3)10-6-7-12(18-5)11(8-10)16(4)13(17)9-15/h6-8H,9,15H2,1-5H3. The van der Waals surface area contributed by atoms with Gasteiger partial charge in [-0.2, -0.15) is 0 Å². The van der Waals surface area contributed by atoms with Gasteiger partial charge in [-0.05, 0) is 23.1 Å². The summed E-state index contributed by atoms with van der Waals surface area (Å²) in [5.41, 5.74) is 7.31. The second-order valence-corrected chi connectivity index (χ2v) is 5.29. The van der Waals surface area contributed by atoms with E-state index in [0.717, 1.165) is 11.3 Å². The topological polar surface area (TPSA) is 55.6 Å². The molecule has 0 unspecified atom stereocenters. The van der Waals surface area contributed by atoms with Crippen molar-refractivity contribution in [3.8, 4) is 5.75 Å². The Hall–Kier alpha value is -1.55. The number of rotatable bonds is 3. The molecule has 0 fully saturated rings. The molecule has 4 heteroatoms. The predicted molar refractivity (Wildman–Crippen MR) is 74.2 cm³/mol. The minimum atomic E-state index is -0.139. The van der Waals surface area contributed by atoms with E-state index < -0.39 is 0 Å². The number of methoxy groups -OCH3 is 1. The van der Waals surface area contributed by atoms with Crippen LogP contribution in [0.15, 0.2) is 18.2 Å². The van der Waals surface area contributed by atoms with Gasteiger partial charge in [0.05, 0.1) is 19.3 Å². The van der Waals surface area contributed by atoms with E-state index in [2.05, 4.69) is 20.8 Å². The number of nitrogens with zero attached hydrogens (tertiary/aromatic N) is 1. The first-order chi connectivity index (χ1) is 8.31. The zero-order chi connectivity index (χ0) is 13.9. The van der Waals surface area contributed by atoms with Gasteiger partial charge in [0.25, 0.3) is 0 Å². The Balaban J connectivity index is 3.26. The van der Waals surface area contributed by atoms with Crippen LogP contribution in [-0.4, -0.2) is 26.6 Å². The Labute approximate surface area is 109 Å². The quantitative estimate of drug-likeness (QED) is 0.891. The van der Waals surface area contributed by atoms with Crippen molar-refractivity contribution in [3.63, 3.8) is 0 Å². The second-order valence-electron chi connectivity index (χ2n) is 5.29. The molecule has 0 saturated heterocycles. The number of likely N-dealkylation sites (N-methyl/N-ethyl adjacent to an activating group) is 1. The number of hydrogen-bond acceptors (Lipinski definition) is 3. The molecule has 0 atom stereocenters. The number of nitrogens with two attached hydrogens (primary N) is 1. The van der Waals surface area contributed by atoms with Gasteiger partial charge in [0.2, 0.25) is 5.91 Å². The molecule has 0 spiro atoms. The number of carbonyl (C=O) groups excluding carboxylic acids is 1. The zero-order valence-electron chi connectivity index (χ0n) is 11.8. The lowest BCUT2D eigenvalue weighted by molar-refractivity contribution is -0.117. The second kappa shape index (κ2) is 5.40. The van der Waals surface area contributed by atoms with Crippen molar-refractivity contribution in [2.24, 2.45) is 5.73 Å². The molecular weight excluding hydrogens is 228 g/mol. The van der Waals surface area contributed by atoms with Crippen LogP contribution in [-0.2, 0) is 10.2 Å². The fraction of sp³-hybridized carbons (Fsp3) is 0.500. The highest BCUT2D eigenvalue weighted by atomic mass is 16.5. The maximum absolute atomic E-state index is 11.7. The van der Waals surface area contributed by atoms with E-state index >= 15 is 0 Å². The lowest BCUT2D eigenvalue weighted by Crippen LogP contribution is -2.33. The van der Waals surface area contributed by atoms with Crippen LogP contribution in [0.1, 0.15) is 26.3 Å².